The highest BCUT2D eigenvalue weighted by Gasteiger charge is 2.48. The van der Waals surface area contributed by atoms with Gasteiger partial charge >= 0.3 is 12.2 Å². The molecule has 1 aliphatic heterocycles. The van der Waals surface area contributed by atoms with Crippen molar-refractivity contribution in [2.24, 2.45) is 0 Å². The molecule has 0 radical (unpaired) electrons. The molecule has 0 bridgehead atoms. The number of amides is 2. The smallest absolute Gasteiger partial charge is 0.265 e. The van der Waals surface area contributed by atoms with E-state index in [9.17, 15) is 45.3 Å². The maximum Gasteiger partial charge on any atom is 0.416 e. The molecule has 0 saturated carbocycles. The van der Waals surface area contributed by atoms with E-state index in [1.807, 2.05) is 26.8 Å². The van der Waals surface area contributed by atoms with Gasteiger partial charge in [-0.3, -0.25) is 4.90 Å². The van der Waals surface area contributed by atoms with Crippen LogP contribution < -0.4 is 4.90 Å². The Labute approximate surface area is 259 Å². The maximum atomic E-state index is 14.4. The number of nitrogens with zero attached hydrogens (tertiary/aromatic N) is 4. The highest BCUT2D eigenvalue weighted by Crippen LogP contribution is 2.45. The molecular formula is C31H27F3N4O5S2. The van der Waals surface area contributed by atoms with Gasteiger partial charge in [0, 0.05) is 12.0 Å². The lowest BCUT2D eigenvalue weighted by molar-refractivity contribution is -0.137. The zero-order chi connectivity index (χ0) is 33.7. The number of sulfone groups is 1. The van der Waals surface area contributed by atoms with Crippen LogP contribution in [0.2, 0.25) is 0 Å². The molecule has 0 fully saturated rings. The van der Waals surface area contributed by atoms with E-state index in [1.54, 1.807) is 6.07 Å². The molecule has 3 aromatic rings. The molecule has 0 N–H and O–H groups in total. The number of rotatable bonds is 5. The van der Waals surface area contributed by atoms with Crippen molar-refractivity contribution in [2.45, 2.75) is 55.1 Å². The molecule has 0 spiro atoms. The fraction of sp³-hybridized carbons (Fsp3) is 0.258. The fourth-order valence-electron chi connectivity index (χ4n) is 4.97. The number of carbonyl (C=O) groups excluding carboxylic acids is 1. The summed E-state index contributed by atoms with van der Waals surface area (Å²) < 4.78 is 95.7. The first kappa shape index (κ1) is 33.2. The molecule has 4 rings (SSSR count). The van der Waals surface area contributed by atoms with Gasteiger partial charge in [-0.1, -0.05) is 45.0 Å². The predicted octanol–water partition coefficient (Wildman–Crippen LogP) is 6.45. The number of hydrogen-bond donors (Lipinski definition) is 0. The number of benzene rings is 3. The number of urea groups is 1. The number of alkyl halides is 3. The largest absolute Gasteiger partial charge is 0.416 e. The average molecular weight is 657 g/mol. The van der Waals surface area contributed by atoms with Gasteiger partial charge < -0.3 is 0 Å². The van der Waals surface area contributed by atoms with Crippen molar-refractivity contribution in [3.63, 3.8) is 0 Å². The third kappa shape index (κ3) is 6.16. The van der Waals surface area contributed by atoms with Crippen LogP contribution in [0.4, 0.5) is 23.7 Å². The molecule has 0 aliphatic carbocycles. The van der Waals surface area contributed by atoms with Crippen LogP contribution in [0.25, 0.3) is 0 Å². The van der Waals surface area contributed by atoms with Crippen LogP contribution >= 0.6 is 0 Å². The molecule has 0 saturated heterocycles. The van der Waals surface area contributed by atoms with Crippen LogP contribution in [0.3, 0.4) is 0 Å². The Morgan fingerprint density at radius 1 is 0.844 bits per heavy atom. The third-order valence-corrected chi connectivity index (χ3v) is 10.2. The minimum absolute atomic E-state index is 0.0849. The molecule has 1 atom stereocenters. The lowest BCUT2D eigenvalue weighted by Gasteiger charge is -2.41. The van der Waals surface area contributed by atoms with E-state index < -0.39 is 54.1 Å². The summed E-state index contributed by atoms with van der Waals surface area (Å²) >= 11 is 0. The maximum absolute atomic E-state index is 14.4. The third-order valence-electron chi connectivity index (χ3n) is 7.28. The van der Waals surface area contributed by atoms with Gasteiger partial charge in [0.2, 0.25) is 0 Å². The second kappa shape index (κ2) is 11.4. The number of anilines is 1. The van der Waals surface area contributed by atoms with E-state index >= 15 is 0 Å². The lowest BCUT2D eigenvalue weighted by Crippen LogP contribution is -2.52. The normalized spacial score (nSPS) is 16.4. The highest BCUT2D eigenvalue weighted by atomic mass is 32.2. The Bertz CT molecular complexity index is 2040. The van der Waals surface area contributed by atoms with E-state index in [0.717, 1.165) is 42.2 Å². The minimum Gasteiger partial charge on any atom is -0.265 e. The second-order valence-corrected chi connectivity index (χ2v) is 15.2. The van der Waals surface area contributed by atoms with Crippen LogP contribution in [0.5, 0.6) is 0 Å². The van der Waals surface area contributed by atoms with E-state index in [2.05, 4.69) is 0 Å². The van der Waals surface area contributed by atoms with Crippen LogP contribution in [-0.4, -0.2) is 33.4 Å². The van der Waals surface area contributed by atoms with Crippen molar-refractivity contribution >= 4 is 31.6 Å². The monoisotopic (exact) mass is 656 g/mol. The van der Waals surface area contributed by atoms with Gasteiger partial charge in [-0.2, -0.15) is 23.7 Å². The standard InChI is InChI=1S/C31H27F3N4O5S2/c1-19-26(18-36)28(25-14-9-20(17-35)15-27(25)44(5,40)41)38(45(42,43)24-12-10-21(11-13-24)30(2,3)4)29(39)37(19)23-8-6-7-22(16-23)31(32,33)34/h6-16,28H,1-5H3/t28-/m1/s1. The molecule has 9 nitrogen and oxygen atoms in total. The van der Waals surface area contributed by atoms with Gasteiger partial charge in [-0.25, -0.2) is 25.9 Å². The molecular weight excluding hydrogens is 629 g/mol. The van der Waals surface area contributed by atoms with Gasteiger partial charge in [0.25, 0.3) is 10.0 Å². The van der Waals surface area contributed by atoms with Gasteiger partial charge in [0.1, 0.15) is 6.04 Å². The van der Waals surface area contributed by atoms with Crippen molar-refractivity contribution in [3.05, 3.63) is 100 Å². The summed E-state index contributed by atoms with van der Waals surface area (Å²) in [5.41, 5.74) is -2.12. The molecule has 1 aliphatic rings. The first-order valence-electron chi connectivity index (χ1n) is 13.2. The summed E-state index contributed by atoms with van der Waals surface area (Å²) in [6.45, 7) is 6.95. The molecule has 45 heavy (non-hydrogen) atoms. The molecule has 3 aromatic carbocycles. The molecule has 234 valence electrons. The first-order valence-corrected chi connectivity index (χ1v) is 16.6. The van der Waals surface area contributed by atoms with Crippen molar-refractivity contribution in [1.29, 1.82) is 10.5 Å². The summed E-state index contributed by atoms with van der Waals surface area (Å²) in [5.74, 6) is 0. The van der Waals surface area contributed by atoms with Gasteiger partial charge in [0.05, 0.1) is 44.3 Å². The predicted molar refractivity (Wildman–Crippen MR) is 159 cm³/mol. The Balaban J connectivity index is 2.09. The number of halogens is 3. The quantitative estimate of drug-likeness (QED) is 0.308. The Morgan fingerprint density at radius 2 is 1.47 bits per heavy atom. The number of hydrogen-bond acceptors (Lipinski definition) is 7. The molecule has 0 unspecified atom stereocenters. The number of sulfonamides is 1. The highest BCUT2D eigenvalue weighted by molar-refractivity contribution is 7.91. The van der Waals surface area contributed by atoms with E-state index in [1.165, 1.54) is 37.3 Å². The van der Waals surface area contributed by atoms with Crippen molar-refractivity contribution in [1.82, 2.24) is 4.31 Å². The summed E-state index contributed by atoms with van der Waals surface area (Å²) in [6.07, 6.45) is -3.99. The van der Waals surface area contributed by atoms with E-state index in [0.29, 0.717) is 15.3 Å². The Kier molecular flexibility index (Phi) is 8.39. The molecule has 2 amide bonds. The zero-order valence-corrected chi connectivity index (χ0v) is 26.3. The number of nitriles is 2. The number of carbonyl (C=O) groups is 1. The van der Waals surface area contributed by atoms with Crippen LogP contribution in [-0.2, 0) is 31.5 Å². The first-order chi connectivity index (χ1) is 20.7. The Hall–Kier alpha value is -4.66. The summed E-state index contributed by atoms with van der Waals surface area (Å²) in [7, 11) is -9.10. The van der Waals surface area contributed by atoms with E-state index in [-0.39, 0.29) is 32.8 Å². The van der Waals surface area contributed by atoms with Gasteiger partial charge in [0.15, 0.2) is 9.84 Å². The van der Waals surface area contributed by atoms with Gasteiger partial charge in [-0.05, 0) is 65.9 Å². The molecule has 14 heteroatoms. The minimum atomic E-state index is -4.92. The van der Waals surface area contributed by atoms with Crippen LogP contribution in [0, 0.1) is 22.7 Å². The summed E-state index contributed by atoms with van der Waals surface area (Å²) in [4.78, 5) is 14.1. The topological polar surface area (TPSA) is 139 Å². The SMILES string of the molecule is CC1=C(C#N)[C@@H](c2ccc(C#N)cc2S(C)(=O)=O)N(S(=O)(=O)c2ccc(C(C)(C)C)cc2)C(=O)N1c1cccc(C(F)(F)F)c1. The van der Waals surface area contributed by atoms with Gasteiger partial charge in [-0.15, -0.1) is 0 Å². The summed E-state index contributed by atoms with van der Waals surface area (Å²) in [6, 6.07) is 13.0. The lowest BCUT2D eigenvalue weighted by atomic mass is 9.87. The molecule has 1 heterocycles. The van der Waals surface area contributed by atoms with Crippen molar-refractivity contribution in [2.75, 3.05) is 11.2 Å². The van der Waals surface area contributed by atoms with Crippen LogP contribution in [0.15, 0.2) is 87.8 Å². The zero-order valence-electron chi connectivity index (χ0n) is 24.7. The fourth-order valence-corrected chi connectivity index (χ4v) is 7.41. The van der Waals surface area contributed by atoms with Crippen molar-refractivity contribution in [3.8, 4) is 12.1 Å². The van der Waals surface area contributed by atoms with Crippen LogP contribution in [0.1, 0.15) is 56.0 Å². The second-order valence-electron chi connectivity index (χ2n) is 11.4. The summed E-state index contributed by atoms with van der Waals surface area (Å²) in [5, 5.41) is 19.8. The van der Waals surface area contributed by atoms with Crippen molar-refractivity contribution < 1.29 is 34.8 Å². The average Bonchev–Trinajstić information content (AvgIpc) is 2.95. The number of allylic oxidation sites excluding steroid dienone is 1. The van der Waals surface area contributed by atoms with E-state index in [4.69, 9.17) is 0 Å². The Morgan fingerprint density at radius 3 is 1.98 bits per heavy atom. The molecule has 0 aromatic heterocycles.